The van der Waals surface area contributed by atoms with Gasteiger partial charge < -0.3 is 0 Å². The summed E-state index contributed by atoms with van der Waals surface area (Å²) < 4.78 is 4.26. The molecule has 0 saturated heterocycles. The molecule has 0 aliphatic carbocycles. The summed E-state index contributed by atoms with van der Waals surface area (Å²) in [6, 6.07) is 15.4. The highest BCUT2D eigenvalue weighted by Crippen LogP contribution is 2.32. The summed E-state index contributed by atoms with van der Waals surface area (Å²) >= 11 is 16.2. The summed E-state index contributed by atoms with van der Waals surface area (Å²) in [6.07, 6.45) is 1.81. The molecule has 0 radical (unpaired) electrons. The normalized spacial score (nSPS) is 11.3. The monoisotopic (exact) mass is 515 g/mol. The maximum Gasteiger partial charge on any atom is 0.143 e. The van der Waals surface area contributed by atoms with Crippen molar-refractivity contribution in [1.29, 1.82) is 0 Å². The molecule has 0 saturated carbocycles. The van der Waals surface area contributed by atoms with E-state index in [0.29, 0.717) is 5.02 Å². The van der Waals surface area contributed by atoms with E-state index in [0.717, 1.165) is 30.6 Å². The van der Waals surface area contributed by atoms with Crippen LogP contribution in [0.1, 0.15) is 5.56 Å². The second kappa shape index (κ2) is 7.30. The van der Waals surface area contributed by atoms with Crippen molar-refractivity contribution < 1.29 is 0 Å². The molecule has 7 heteroatoms. The SMILES string of the molecule is Clc1ccc(/C=N/c2ccc(-n3nc(Br)c(Br)c3Br)cc2)cc1. The van der Waals surface area contributed by atoms with E-state index < -0.39 is 0 Å². The van der Waals surface area contributed by atoms with E-state index in [4.69, 9.17) is 11.6 Å². The zero-order chi connectivity index (χ0) is 16.4. The van der Waals surface area contributed by atoms with Crippen molar-refractivity contribution >= 4 is 71.3 Å². The summed E-state index contributed by atoms with van der Waals surface area (Å²) in [5, 5.41) is 5.12. The molecule has 3 rings (SSSR count). The maximum atomic E-state index is 5.87. The first kappa shape index (κ1) is 16.9. The van der Waals surface area contributed by atoms with Gasteiger partial charge in [-0.15, -0.1) is 0 Å². The smallest absolute Gasteiger partial charge is 0.143 e. The van der Waals surface area contributed by atoms with Crippen LogP contribution in [0, 0.1) is 0 Å². The molecule has 23 heavy (non-hydrogen) atoms. The molecular formula is C16H9Br3ClN3. The molecule has 0 aliphatic rings. The van der Waals surface area contributed by atoms with Crippen LogP contribution in [0.5, 0.6) is 0 Å². The van der Waals surface area contributed by atoms with E-state index in [1.807, 2.05) is 54.7 Å². The molecule has 0 amide bonds. The van der Waals surface area contributed by atoms with Crippen molar-refractivity contribution in [3.63, 3.8) is 0 Å². The average molecular weight is 518 g/mol. The number of nitrogens with zero attached hydrogens (tertiary/aromatic N) is 3. The lowest BCUT2D eigenvalue weighted by Gasteiger charge is -2.03. The van der Waals surface area contributed by atoms with Crippen molar-refractivity contribution in [3.8, 4) is 5.69 Å². The molecule has 3 nitrogen and oxygen atoms in total. The minimum atomic E-state index is 0.716. The summed E-state index contributed by atoms with van der Waals surface area (Å²) in [5.74, 6) is 0. The second-order valence-electron chi connectivity index (χ2n) is 4.63. The molecule has 1 aromatic heterocycles. The van der Waals surface area contributed by atoms with Gasteiger partial charge in [0, 0.05) is 11.2 Å². The summed E-state index contributed by atoms with van der Waals surface area (Å²) in [7, 11) is 0. The fourth-order valence-corrected chi connectivity index (χ4v) is 3.36. The fourth-order valence-electron chi connectivity index (χ4n) is 1.90. The van der Waals surface area contributed by atoms with E-state index in [1.54, 1.807) is 4.68 Å². The van der Waals surface area contributed by atoms with Gasteiger partial charge in [-0.1, -0.05) is 23.7 Å². The van der Waals surface area contributed by atoms with Crippen LogP contribution in [0.2, 0.25) is 5.02 Å². The first-order valence-electron chi connectivity index (χ1n) is 6.54. The predicted molar refractivity (Wildman–Crippen MR) is 105 cm³/mol. The van der Waals surface area contributed by atoms with Gasteiger partial charge >= 0.3 is 0 Å². The topological polar surface area (TPSA) is 30.2 Å². The Morgan fingerprint density at radius 3 is 2.17 bits per heavy atom. The number of rotatable bonds is 3. The molecule has 0 bridgehead atoms. The highest BCUT2D eigenvalue weighted by Gasteiger charge is 2.12. The third-order valence-electron chi connectivity index (χ3n) is 3.06. The van der Waals surface area contributed by atoms with E-state index in [9.17, 15) is 0 Å². The second-order valence-corrected chi connectivity index (χ2v) is 7.37. The third kappa shape index (κ3) is 3.94. The lowest BCUT2D eigenvalue weighted by Crippen LogP contribution is -1.95. The van der Waals surface area contributed by atoms with E-state index in [1.165, 1.54) is 0 Å². The van der Waals surface area contributed by atoms with Crippen LogP contribution in [0.25, 0.3) is 5.69 Å². The van der Waals surface area contributed by atoms with Crippen molar-refractivity contribution in [2.45, 2.75) is 0 Å². The van der Waals surface area contributed by atoms with Gasteiger partial charge in [0.2, 0.25) is 0 Å². The van der Waals surface area contributed by atoms with Crippen LogP contribution in [0.15, 0.2) is 67.2 Å². The first-order valence-corrected chi connectivity index (χ1v) is 9.30. The van der Waals surface area contributed by atoms with Crippen LogP contribution < -0.4 is 0 Å². The van der Waals surface area contributed by atoms with Crippen molar-refractivity contribution in [1.82, 2.24) is 9.78 Å². The van der Waals surface area contributed by atoms with E-state index in [2.05, 4.69) is 57.9 Å². The minimum Gasteiger partial charge on any atom is -0.256 e. The molecule has 0 aliphatic heterocycles. The fraction of sp³-hybridized carbons (Fsp3) is 0. The molecule has 0 fully saturated rings. The summed E-state index contributed by atoms with van der Waals surface area (Å²) in [6.45, 7) is 0. The molecular weight excluding hydrogens is 509 g/mol. The van der Waals surface area contributed by atoms with Gasteiger partial charge in [-0.05, 0) is 89.8 Å². The first-order chi connectivity index (χ1) is 11.0. The predicted octanol–water partition coefficient (Wildman–Crippen LogP) is 6.56. The van der Waals surface area contributed by atoms with Crippen LogP contribution in [0.4, 0.5) is 5.69 Å². The number of aromatic nitrogens is 2. The molecule has 0 spiro atoms. The highest BCUT2D eigenvalue weighted by molar-refractivity contribution is 9.14. The Kier molecular flexibility index (Phi) is 5.36. The lowest BCUT2D eigenvalue weighted by atomic mass is 10.2. The van der Waals surface area contributed by atoms with Crippen molar-refractivity contribution in [2.24, 2.45) is 4.99 Å². The Morgan fingerprint density at radius 1 is 0.957 bits per heavy atom. The van der Waals surface area contributed by atoms with Gasteiger partial charge in [0.05, 0.1) is 15.8 Å². The highest BCUT2D eigenvalue weighted by atomic mass is 79.9. The quantitative estimate of drug-likeness (QED) is 0.361. The lowest BCUT2D eigenvalue weighted by molar-refractivity contribution is 0.852. The largest absolute Gasteiger partial charge is 0.256 e. The van der Waals surface area contributed by atoms with Crippen LogP contribution in [-0.2, 0) is 0 Å². The molecule has 2 aromatic carbocycles. The van der Waals surface area contributed by atoms with E-state index >= 15 is 0 Å². The Morgan fingerprint density at radius 2 is 1.61 bits per heavy atom. The minimum absolute atomic E-state index is 0.716. The number of aliphatic imine (C=N–C) groups is 1. The number of benzene rings is 2. The van der Waals surface area contributed by atoms with Crippen LogP contribution in [0.3, 0.4) is 0 Å². The van der Waals surface area contributed by atoms with Gasteiger partial charge in [0.25, 0.3) is 0 Å². The maximum absolute atomic E-state index is 5.87. The Balaban J connectivity index is 1.82. The van der Waals surface area contributed by atoms with Gasteiger partial charge in [-0.3, -0.25) is 4.99 Å². The number of halogens is 4. The zero-order valence-corrected chi connectivity index (χ0v) is 17.1. The van der Waals surface area contributed by atoms with Gasteiger partial charge in [-0.25, -0.2) is 4.68 Å². The van der Waals surface area contributed by atoms with Crippen LogP contribution >= 0.6 is 59.4 Å². The Hall–Kier alpha value is -0.950. The van der Waals surface area contributed by atoms with Crippen LogP contribution in [-0.4, -0.2) is 16.0 Å². The molecule has 0 atom stereocenters. The van der Waals surface area contributed by atoms with Crippen molar-refractivity contribution in [2.75, 3.05) is 0 Å². The Bertz CT molecular complexity index is 856. The average Bonchev–Trinajstić information content (AvgIpc) is 2.82. The standard InChI is InChI=1S/C16H9Br3ClN3/c17-14-15(18)22-23(16(14)19)13-7-5-12(6-8-13)21-9-10-1-3-11(20)4-2-10/h1-9H/b21-9+. The molecule has 1 heterocycles. The zero-order valence-electron chi connectivity index (χ0n) is 11.5. The van der Waals surface area contributed by atoms with Gasteiger partial charge in [0.1, 0.15) is 9.21 Å². The molecule has 3 aromatic rings. The summed E-state index contributed by atoms with van der Waals surface area (Å²) in [5.41, 5.74) is 2.81. The number of hydrogen-bond acceptors (Lipinski definition) is 2. The third-order valence-corrected chi connectivity index (χ3v) is 6.42. The van der Waals surface area contributed by atoms with Crippen molar-refractivity contribution in [3.05, 3.63) is 72.8 Å². The van der Waals surface area contributed by atoms with E-state index in [-0.39, 0.29) is 0 Å². The Labute approximate surface area is 163 Å². The number of hydrogen-bond donors (Lipinski definition) is 0. The molecule has 0 N–H and O–H groups in total. The van der Waals surface area contributed by atoms with Gasteiger partial charge in [0.15, 0.2) is 0 Å². The molecule has 0 unspecified atom stereocenters. The molecule has 116 valence electrons. The van der Waals surface area contributed by atoms with Gasteiger partial charge in [-0.2, -0.15) is 5.10 Å². The summed E-state index contributed by atoms with van der Waals surface area (Å²) in [4.78, 5) is 4.46.